The van der Waals surface area contributed by atoms with Crippen molar-refractivity contribution in [3.8, 4) is 11.5 Å². The highest BCUT2D eigenvalue weighted by molar-refractivity contribution is 6.32. The number of carboxylic acid groups (broad SMARTS) is 1. The second-order valence-corrected chi connectivity index (χ2v) is 3.92. The van der Waals surface area contributed by atoms with Crippen LogP contribution in [0.2, 0.25) is 5.02 Å². The van der Waals surface area contributed by atoms with Crippen molar-refractivity contribution in [3.05, 3.63) is 22.7 Å². The van der Waals surface area contributed by atoms with Gasteiger partial charge in [0, 0.05) is 12.0 Å². The number of rotatable bonds is 6. The molecular formula is C12H13ClO5. The van der Waals surface area contributed by atoms with Crippen LogP contribution in [0.4, 0.5) is 0 Å². The summed E-state index contributed by atoms with van der Waals surface area (Å²) in [5.41, 5.74) is 0.305. The number of carboxylic acids is 1. The molecule has 0 fully saturated rings. The Kier molecular flexibility index (Phi) is 4.97. The summed E-state index contributed by atoms with van der Waals surface area (Å²) in [4.78, 5) is 22.2. The molecule has 0 bridgehead atoms. The summed E-state index contributed by atoms with van der Waals surface area (Å²) in [6.07, 6.45) is -0.300. The molecule has 0 heterocycles. The molecule has 0 aliphatic carbocycles. The number of hydrogen-bond donors (Lipinski definition) is 1. The molecule has 1 N–H and O–H groups in total. The van der Waals surface area contributed by atoms with Crippen molar-refractivity contribution in [1.82, 2.24) is 0 Å². The van der Waals surface area contributed by atoms with Gasteiger partial charge in [0.2, 0.25) is 0 Å². The summed E-state index contributed by atoms with van der Waals surface area (Å²) in [5, 5.41) is 8.77. The number of benzene rings is 1. The molecule has 0 spiro atoms. The summed E-state index contributed by atoms with van der Waals surface area (Å²) < 4.78 is 10.1. The minimum atomic E-state index is -1.02. The summed E-state index contributed by atoms with van der Waals surface area (Å²) >= 11 is 5.95. The van der Waals surface area contributed by atoms with Gasteiger partial charge in [0.25, 0.3) is 0 Å². The van der Waals surface area contributed by atoms with Crippen LogP contribution in [0.25, 0.3) is 0 Å². The number of aliphatic carboxylic acids is 1. The van der Waals surface area contributed by atoms with Crippen LogP contribution in [-0.4, -0.2) is 31.1 Å². The van der Waals surface area contributed by atoms with Crippen molar-refractivity contribution in [2.45, 2.75) is 12.8 Å². The predicted molar refractivity (Wildman–Crippen MR) is 65.8 cm³/mol. The molecule has 0 unspecified atom stereocenters. The van der Waals surface area contributed by atoms with Crippen molar-refractivity contribution < 1.29 is 24.2 Å². The van der Waals surface area contributed by atoms with Crippen molar-refractivity contribution >= 4 is 23.4 Å². The first kappa shape index (κ1) is 14.3. The van der Waals surface area contributed by atoms with E-state index in [2.05, 4.69) is 0 Å². The van der Waals surface area contributed by atoms with E-state index in [1.165, 1.54) is 26.4 Å². The van der Waals surface area contributed by atoms with Gasteiger partial charge >= 0.3 is 5.97 Å². The maximum Gasteiger partial charge on any atom is 0.303 e. The molecule has 0 amide bonds. The molecule has 1 aromatic carbocycles. The fourth-order valence-corrected chi connectivity index (χ4v) is 1.73. The Labute approximate surface area is 109 Å². The fraction of sp³-hybridized carbons (Fsp3) is 0.333. The van der Waals surface area contributed by atoms with Gasteiger partial charge in [-0.2, -0.15) is 0 Å². The van der Waals surface area contributed by atoms with Crippen molar-refractivity contribution in [2.24, 2.45) is 0 Å². The normalized spacial score (nSPS) is 9.94. The molecule has 0 radical (unpaired) electrons. The largest absolute Gasteiger partial charge is 0.493 e. The number of hydrogen-bond acceptors (Lipinski definition) is 4. The molecule has 5 nitrogen and oxygen atoms in total. The SMILES string of the molecule is COc1cc(C(=O)CCC(=O)O)cc(Cl)c1OC. The van der Waals surface area contributed by atoms with E-state index in [0.717, 1.165) is 0 Å². The summed E-state index contributed by atoms with van der Waals surface area (Å²) in [7, 11) is 2.87. The van der Waals surface area contributed by atoms with Crippen LogP contribution in [0.5, 0.6) is 11.5 Å². The maximum absolute atomic E-state index is 11.8. The minimum absolute atomic E-state index is 0.0822. The third-order valence-electron chi connectivity index (χ3n) is 2.32. The lowest BCUT2D eigenvalue weighted by Gasteiger charge is -2.11. The molecule has 0 saturated carbocycles. The van der Waals surface area contributed by atoms with Gasteiger partial charge in [-0.05, 0) is 12.1 Å². The lowest BCUT2D eigenvalue weighted by molar-refractivity contribution is -0.136. The molecular weight excluding hydrogens is 260 g/mol. The summed E-state index contributed by atoms with van der Waals surface area (Å²) in [5.74, 6) is -0.646. The van der Waals surface area contributed by atoms with Gasteiger partial charge in [-0.1, -0.05) is 11.6 Å². The molecule has 1 aromatic rings. The van der Waals surface area contributed by atoms with E-state index in [4.69, 9.17) is 26.2 Å². The Morgan fingerprint density at radius 3 is 2.39 bits per heavy atom. The van der Waals surface area contributed by atoms with E-state index in [1.54, 1.807) is 0 Å². The molecule has 0 saturated heterocycles. The van der Waals surface area contributed by atoms with E-state index in [0.29, 0.717) is 17.1 Å². The Hall–Kier alpha value is -1.75. The first-order valence-corrected chi connectivity index (χ1v) is 5.54. The smallest absolute Gasteiger partial charge is 0.303 e. The van der Waals surface area contributed by atoms with Gasteiger partial charge < -0.3 is 14.6 Å². The number of carbonyl (C=O) groups is 2. The number of methoxy groups -OCH3 is 2. The molecule has 0 aromatic heterocycles. The predicted octanol–water partition coefficient (Wildman–Crippen LogP) is 2.40. The van der Waals surface area contributed by atoms with E-state index < -0.39 is 5.97 Å². The van der Waals surface area contributed by atoms with Crippen LogP contribution < -0.4 is 9.47 Å². The van der Waals surface area contributed by atoms with Gasteiger partial charge in [-0.25, -0.2) is 0 Å². The second kappa shape index (κ2) is 6.26. The van der Waals surface area contributed by atoms with Crippen molar-refractivity contribution in [3.63, 3.8) is 0 Å². The first-order chi connectivity index (χ1) is 8.49. The van der Waals surface area contributed by atoms with Crippen molar-refractivity contribution in [2.75, 3.05) is 14.2 Å². The van der Waals surface area contributed by atoms with Gasteiger partial charge in [0.15, 0.2) is 17.3 Å². The highest BCUT2D eigenvalue weighted by atomic mass is 35.5. The molecule has 0 atom stereocenters. The Morgan fingerprint density at radius 1 is 1.22 bits per heavy atom. The minimum Gasteiger partial charge on any atom is -0.493 e. The van der Waals surface area contributed by atoms with E-state index >= 15 is 0 Å². The Bertz CT molecular complexity index is 470. The average molecular weight is 273 g/mol. The van der Waals surface area contributed by atoms with Gasteiger partial charge in [0.1, 0.15) is 0 Å². The van der Waals surface area contributed by atoms with E-state index in [-0.39, 0.29) is 23.6 Å². The standard InChI is InChI=1S/C12H13ClO5/c1-17-10-6-7(5-8(13)12(10)18-2)9(14)3-4-11(15)16/h5-6H,3-4H2,1-2H3,(H,15,16). The Balaban J connectivity index is 3.00. The van der Waals surface area contributed by atoms with Crippen LogP contribution in [0.15, 0.2) is 12.1 Å². The monoisotopic (exact) mass is 272 g/mol. The van der Waals surface area contributed by atoms with E-state index in [9.17, 15) is 9.59 Å². The number of ketones is 1. The second-order valence-electron chi connectivity index (χ2n) is 3.51. The highest BCUT2D eigenvalue weighted by Gasteiger charge is 2.15. The molecule has 1 rings (SSSR count). The van der Waals surface area contributed by atoms with Crippen molar-refractivity contribution in [1.29, 1.82) is 0 Å². The number of carbonyl (C=O) groups excluding carboxylic acids is 1. The zero-order valence-electron chi connectivity index (χ0n) is 10.0. The zero-order chi connectivity index (χ0) is 13.7. The van der Waals surface area contributed by atoms with Gasteiger partial charge in [-0.15, -0.1) is 0 Å². The zero-order valence-corrected chi connectivity index (χ0v) is 10.8. The van der Waals surface area contributed by atoms with Gasteiger partial charge in [-0.3, -0.25) is 9.59 Å². The molecule has 0 aliphatic heterocycles. The summed E-state index contributed by atoms with van der Waals surface area (Å²) in [6, 6.07) is 2.92. The fourth-order valence-electron chi connectivity index (χ4n) is 1.44. The summed E-state index contributed by atoms with van der Waals surface area (Å²) in [6.45, 7) is 0. The van der Waals surface area contributed by atoms with Crippen LogP contribution >= 0.6 is 11.6 Å². The van der Waals surface area contributed by atoms with Crippen LogP contribution in [-0.2, 0) is 4.79 Å². The third-order valence-corrected chi connectivity index (χ3v) is 2.60. The lowest BCUT2D eigenvalue weighted by Crippen LogP contribution is -2.04. The molecule has 98 valence electrons. The molecule has 6 heteroatoms. The lowest BCUT2D eigenvalue weighted by atomic mass is 10.1. The number of Topliss-reactive ketones (excluding diaryl/α,β-unsaturated/α-hetero) is 1. The quantitative estimate of drug-likeness (QED) is 0.805. The topological polar surface area (TPSA) is 72.8 Å². The van der Waals surface area contributed by atoms with Gasteiger partial charge in [0.05, 0.1) is 25.7 Å². The third kappa shape index (κ3) is 3.37. The number of halogens is 1. The maximum atomic E-state index is 11.8. The molecule has 0 aliphatic rings. The van der Waals surface area contributed by atoms with Crippen LogP contribution in [0.3, 0.4) is 0 Å². The van der Waals surface area contributed by atoms with Crippen LogP contribution in [0, 0.1) is 0 Å². The highest BCUT2D eigenvalue weighted by Crippen LogP contribution is 2.36. The van der Waals surface area contributed by atoms with E-state index in [1.807, 2.05) is 0 Å². The number of ether oxygens (including phenoxy) is 2. The van der Waals surface area contributed by atoms with Crippen LogP contribution in [0.1, 0.15) is 23.2 Å². The first-order valence-electron chi connectivity index (χ1n) is 5.16. The Morgan fingerprint density at radius 2 is 1.89 bits per heavy atom. The average Bonchev–Trinajstić information content (AvgIpc) is 2.34. The molecule has 18 heavy (non-hydrogen) atoms.